The summed E-state index contributed by atoms with van der Waals surface area (Å²) < 4.78 is 33.3. The molecule has 1 aliphatic heterocycles. The van der Waals surface area contributed by atoms with E-state index < -0.39 is 11.6 Å². The highest BCUT2D eigenvalue weighted by molar-refractivity contribution is 5.91. The van der Waals surface area contributed by atoms with Gasteiger partial charge in [0.2, 0.25) is 0 Å². The lowest BCUT2D eigenvalue weighted by Crippen LogP contribution is -2.35. The third kappa shape index (κ3) is 2.23. The molecule has 1 aliphatic rings. The van der Waals surface area contributed by atoms with Gasteiger partial charge in [0, 0.05) is 23.9 Å². The number of rotatable bonds is 1. The molecule has 108 valence electrons. The highest BCUT2D eigenvalue weighted by Crippen LogP contribution is 2.41. The summed E-state index contributed by atoms with van der Waals surface area (Å²) in [6, 6.07) is 2.82. The monoisotopic (exact) mass is 299 g/mol. The molecule has 1 aromatic heterocycles. The van der Waals surface area contributed by atoms with E-state index in [9.17, 15) is 8.78 Å². The van der Waals surface area contributed by atoms with Gasteiger partial charge in [0.15, 0.2) is 11.6 Å². The van der Waals surface area contributed by atoms with E-state index in [0.717, 1.165) is 12.1 Å². The average Bonchev–Trinajstić information content (AvgIpc) is 2.79. The summed E-state index contributed by atoms with van der Waals surface area (Å²) in [5, 5.41) is 3.81. The lowest BCUT2D eigenvalue weighted by Gasteiger charge is -2.32. The first-order valence-corrected chi connectivity index (χ1v) is 6.27. The van der Waals surface area contributed by atoms with Crippen LogP contribution in [0.25, 0.3) is 16.5 Å². The summed E-state index contributed by atoms with van der Waals surface area (Å²) >= 11 is 0. The van der Waals surface area contributed by atoms with Crippen molar-refractivity contribution in [3.63, 3.8) is 0 Å². The number of hydrogen-bond acceptors (Lipinski definition) is 2. The van der Waals surface area contributed by atoms with Crippen LogP contribution >= 0.6 is 12.4 Å². The normalized spacial score (nSPS) is 17.7. The number of halogens is 3. The van der Waals surface area contributed by atoms with Crippen molar-refractivity contribution in [1.29, 1.82) is 0 Å². The zero-order valence-corrected chi connectivity index (χ0v) is 12.1. The van der Waals surface area contributed by atoms with Crippen LogP contribution in [0.2, 0.25) is 0 Å². The SMILES string of the molecule is CC1(C)CNCC=C1c1c(F)c(F)cc2ccoc12.Cl. The number of fused-ring (bicyclic) bond motifs is 1. The molecule has 1 N–H and O–H groups in total. The first-order chi connectivity index (χ1) is 9.00. The lowest BCUT2D eigenvalue weighted by molar-refractivity contribution is 0.438. The van der Waals surface area contributed by atoms with Crippen molar-refractivity contribution in [2.45, 2.75) is 13.8 Å². The van der Waals surface area contributed by atoms with E-state index >= 15 is 0 Å². The van der Waals surface area contributed by atoms with E-state index in [-0.39, 0.29) is 23.4 Å². The molecule has 3 rings (SSSR count). The molecule has 0 saturated carbocycles. The smallest absolute Gasteiger partial charge is 0.170 e. The topological polar surface area (TPSA) is 25.2 Å². The van der Waals surface area contributed by atoms with E-state index in [1.54, 1.807) is 6.07 Å². The third-order valence-corrected chi connectivity index (χ3v) is 3.65. The number of nitrogens with one attached hydrogen (secondary N) is 1. The minimum Gasteiger partial charge on any atom is -0.464 e. The molecular formula is C15H16ClF2NO. The Balaban J connectivity index is 0.00000147. The van der Waals surface area contributed by atoms with Gasteiger partial charge in [0.05, 0.1) is 11.8 Å². The van der Waals surface area contributed by atoms with Crippen LogP contribution in [0.1, 0.15) is 19.4 Å². The Kier molecular flexibility index (Phi) is 3.89. The van der Waals surface area contributed by atoms with E-state index in [2.05, 4.69) is 5.32 Å². The molecule has 0 bridgehead atoms. The Hall–Kier alpha value is -1.39. The molecule has 1 aromatic carbocycles. The molecule has 20 heavy (non-hydrogen) atoms. The van der Waals surface area contributed by atoms with Crippen molar-refractivity contribution in [1.82, 2.24) is 5.32 Å². The van der Waals surface area contributed by atoms with E-state index in [0.29, 0.717) is 17.5 Å². The maximum atomic E-state index is 14.2. The molecule has 0 amide bonds. The predicted octanol–water partition coefficient (Wildman–Crippen LogP) is 4.15. The average molecular weight is 300 g/mol. The van der Waals surface area contributed by atoms with Crippen molar-refractivity contribution in [2.24, 2.45) is 5.41 Å². The Morgan fingerprint density at radius 1 is 1.30 bits per heavy atom. The van der Waals surface area contributed by atoms with Gasteiger partial charge in [0.1, 0.15) is 5.58 Å². The van der Waals surface area contributed by atoms with E-state index in [4.69, 9.17) is 4.42 Å². The van der Waals surface area contributed by atoms with Crippen LogP contribution in [0, 0.1) is 17.0 Å². The molecule has 0 unspecified atom stereocenters. The molecule has 0 saturated heterocycles. The molecule has 5 heteroatoms. The number of furan rings is 1. The zero-order chi connectivity index (χ0) is 13.6. The Bertz CT molecular complexity index is 676. The van der Waals surface area contributed by atoms with E-state index in [1.807, 2.05) is 19.9 Å². The van der Waals surface area contributed by atoms with Crippen molar-refractivity contribution in [2.75, 3.05) is 13.1 Å². The van der Waals surface area contributed by atoms with Gasteiger partial charge in [-0.3, -0.25) is 0 Å². The summed E-state index contributed by atoms with van der Waals surface area (Å²) in [6.07, 6.45) is 3.37. The standard InChI is InChI=1S/C15H15F2NO.ClH/c1-15(2)8-18-5-3-10(15)12-13(17)11(16)7-9-4-6-19-14(9)12;/h3-4,6-7,18H,5,8H2,1-2H3;1H. The van der Waals surface area contributed by atoms with Crippen LogP contribution in [-0.4, -0.2) is 13.1 Å². The van der Waals surface area contributed by atoms with Gasteiger partial charge in [-0.25, -0.2) is 8.78 Å². The molecule has 0 spiro atoms. The van der Waals surface area contributed by atoms with Crippen LogP contribution in [0.4, 0.5) is 8.78 Å². The van der Waals surface area contributed by atoms with Gasteiger partial charge in [0.25, 0.3) is 0 Å². The Morgan fingerprint density at radius 3 is 2.75 bits per heavy atom. The van der Waals surface area contributed by atoms with Crippen LogP contribution in [0.15, 0.2) is 28.9 Å². The second kappa shape index (κ2) is 5.19. The van der Waals surface area contributed by atoms with Gasteiger partial charge in [-0.05, 0) is 17.7 Å². The van der Waals surface area contributed by atoms with Crippen molar-refractivity contribution in [3.8, 4) is 0 Å². The highest BCUT2D eigenvalue weighted by atomic mass is 35.5. The summed E-state index contributed by atoms with van der Waals surface area (Å²) in [5.41, 5.74) is 1.20. The Morgan fingerprint density at radius 2 is 2.05 bits per heavy atom. The first kappa shape index (κ1) is 15.0. The fourth-order valence-electron chi connectivity index (χ4n) is 2.67. The quantitative estimate of drug-likeness (QED) is 0.856. The van der Waals surface area contributed by atoms with Crippen LogP contribution in [-0.2, 0) is 0 Å². The molecule has 0 radical (unpaired) electrons. The van der Waals surface area contributed by atoms with Gasteiger partial charge in [-0.2, -0.15) is 0 Å². The van der Waals surface area contributed by atoms with Crippen LogP contribution < -0.4 is 5.32 Å². The second-order valence-corrected chi connectivity index (χ2v) is 5.52. The minimum absolute atomic E-state index is 0. The summed E-state index contributed by atoms with van der Waals surface area (Å²) in [4.78, 5) is 0. The van der Waals surface area contributed by atoms with Gasteiger partial charge in [-0.1, -0.05) is 19.9 Å². The molecule has 0 atom stereocenters. The van der Waals surface area contributed by atoms with Crippen molar-refractivity contribution in [3.05, 3.63) is 41.7 Å². The summed E-state index contributed by atoms with van der Waals surface area (Å²) in [7, 11) is 0. The molecule has 2 nitrogen and oxygen atoms in total. The number of hydrogen-bond donors (Lipinski definition) is 1. The van der Waals surface area contributed by atoms with Gasteiger partial charge >= 0.3 is 0 Å². The van der Waals surface area contributed by atoms with Crippen LogP contribution in [0.5, 0.6) is 0 Å². The summed E-state index contributed by atoms with van der Waals surface area (Å²) in [5.74, 6) is -1.66. The van der Waals surface area contributed by atoms with Crippen molar-refractivity contribution < 1.29 is 13.2 Å². The van der Waals surface area contributed by atoms with Gasteiger partial charge in [-0.15, -0.1) is 12.4 Å². The zero-order valence-electron chi connectivity index (χ0n) is 11.3. The van der Waals surface area contributed by atoms with Gasteiger partial charge < -0.3 is 9.73 Å². The molecule has 2 heterocycles. The third-order valence-electron chi connectivity index (χ3n) is 3.65. The fraction of sp³-hybridized carbons (Fsp3) is 0.333. The second-order valence-electron chi connectivity index (χ2n) is 5.52. The van der Waals surface area contributed by atoms with Crippen molar-refractivity contribution >= 4 is 28.9 Å². The van der Waals surface area contributed by atoms with Crippen LogP contribution in [0.3, 0.4) is 0 Å². The Labute approximate surface area is 122 Å². The first-order valence-electron chi connectivity index (χ1n) is 6.27. The highest BCUT2D eigenvalue weighted by Gasteiger charge is 2.31. The fourth-order valence-corrected chi connectivity index (χ4v) is 2.67. The maximum absolute atomic E-state index is 14.2. The molecule has 2 aromatic rings. The lowest BCUT2D eigenvalue weighted by atomic mass is 9.77. The molecule has 0 aliphatic carbocycles. The van der Waals surface area contributed by atoms with E-state index in [1.165, 1.54) is 12.3 Å². The maximum Gasteiger partial charge on any atom is 0.170 e. The largest absolute Gasteiger partial charge is 0.464 e. The number of benzene rings is 1. The summed E-state index contributed by atoms with van der Waals surface area (Å²) in [6.45, 7) is 5.38. The predicted molar refractivity (Wildman–Crippen MR) is 78.0 cm³/mol. The molecule has 0 fully saturated rings. The molecular weight excluding hydrogens is 284 g/mol. The minimum atomic E-state index is -0.834.